The molecule has 0 aliphatic heterocycles. The van der Waals surface area contributed by atoms with Crippen molar-refractivity contribution < 1.29 is 36.2 Å². The summed E-state index contributed by atoms with van der Waals surface area (Å²) in [5.41, 5.74) is -2.86. The highest BCUT2D eigenvalue weighted by molar-refractivity contribution is 5.74. The molecule has 9 heteroatoms. The lowest BCUT2D eigenvalue weighted by Crippen LogP contribution is -2.16. The number of esters is 1. The van der Waals surface area contributed by atoms with Crippen LogP contribution in [0.5, 0.6) is 5.75 Å². The largest absolute Gasteiger partial charge is 0.494 e. The zero-order valence-corrected chi connectivity index (χ0v) is 10.4. The van der Waals surface area contributed by atoms with Crippen LogP contribution in [0.2, 0.25) is 0 Å². The van der Waals surface area contributed by atoms with Gasteiger partial charge in [0, 0.05) is 17.3 Å². The Hall–Kier alpha value is -1.93. The van der Waals surface area contributed by atoms with Gasteiger partial charge in [-0.15, -0.1) is 0 Å². The minimum Gasteiger partial charge on any atom is -0.494 e. The van der Waals surface area contributed by atoms with Crippen LogP contribution in [0.15, 0.2) is 6.20 Å². The number of carbonyl (C=O) groups excluding carboxylic acids is 1. The van der Waals surface area contributed by atoms with Crippen molar-refractivity contribution in [3.63, 3.8) is 0 Å². The molecule has 0 N–H and O–H groups in total. The van der Waals surface area contributed by atoms with Gasteiger partial charge >= 0.3 is 12.1 Å². The third kappa shape index (κ3) is 3.34. The van der Waals surface area contributed by atoms with E-state index in [1.807, 2.05) is 0 Å². The molecule has 1 aromatic heterocycles. The summed E-state index contributed by atoms with van der Waals surface area (Å²) < 4.78 is 72.5. The average molecular weight is 299 g/mol. The topological polar surface area (TPSA) is 48.4 Å². The Morgan fingerprint density at radius 1 is 1.35 bits per heavy atom. The highest BCUT2D eigenvalue weighted by Crippen LogP contribution is 2.39. The predicted octanol–water partition coefficient (Wildman–Crippen LogP) is 2.76. The van der Waals surface area contributed by atoms with E-state index in [0.29, 0.717) is 6.20 Å². The van der Waals surface area contributed by atoms with Gasteiger partial charge in [0.2, 0.25) is 0 Å². The van der Waals surface area contributed by atoms with Crippen molar-refractivity contribution >= 4 is 5.97 Å². The number of pyridine rings is 1. The second-order valence-electron chi connectivity index (χ2n) is 3.63. The fourth-order valence-corrected chi connectivity index (χ4v) is 1.55. The molecule has 4 nitrogen and oxygen atoms in total. The van der Waals surface area contributed by atoms with Crippen molar-refractivity contribution in [2.45, 2.75) is 19.0 Å². The first-order chi connectivity index (χ1) is 9.22. The molecule has 0 amide bonds. The Labute approximate surface area is 110 Å². The minimum atomic E-state index is -4.89. The normalized spacial score (nSPS) is 11.6. The lowest BCUT2D eigenvalue weighted by Gasteiger charge is -2.17. The van der Waals surface area contributed by atoms with E-state index in [2.05, 4.69) is 14.5 Å². The summed E-state index contributed by atoms with van der Waals surface area (Å²) in [5.74, 6) is -1.87. The number of methoxy groups -OCH3 is 2. The molecule has 1 aromatic rings. The molecule has 0 unspecified atom stereocenters. The second kappa shape index (κ2) is 6.02. The molecule has 0 spiro atoms. The van der Waals surface area contributed by atoms with E-state index in [4.69, 9.17) is 0 Å². The van der Waals surface area contributed by atoms with Crippen LogP contribution in [0.1, 0.15) is 23.2 Å². The first-order valence-corrected chi connectivity index (χ1v) is 5.20. The van der Waals surface area contributed by atoms with Crippen LogP contribution in [0.25, 0.3) is 0 Å². The van der Waals surface area contributed by atoms with Gasteiger partial charge in [0.1, 0.15) is 0 Å². The van der Waals surface area contributed by atoms with Gasteiger partial charge in [-0.25, -0.2) is 13.8 Å². The van der Waals surface area contributed by atoms with Crippen LogP contribution < -0.4 is 4.74 Å². The number of aromatic nitrogens is 1. The van der Waals surface area contributed by atoms with Crippen molar-refractivity contribution in [1.82, 2.24) is 4.98 Å². The molecule has 1 rings (SSSR count). The third-order valence-electron chi connectivity index (χ3n) is 2.43. The molecule has 0 fully saturated rings. The number of halogens is 5. The fourth-order valence-electron chi connectivity index (χ4n) is 1.55. The fraction of sp³-hybridized carbons (Fsp3) is 0.455. The van der Waals surface area contributed by atoms with Gasteiger partial charge in [0.05, 0.1) is 20.6 Å². The monoisotopic (exact) mass is 299 g/mol. The molecule has 0 saturated carbocycles. The smallest absolute Gasteiger partial charge is 0.437 e. The molecule has 0 radical (unpaired) electrons. The van der Waals surface area contributed by atoms with Gasteiger partial charge < -0.3 is 9.47 Å². The van der Waals surface area contributed by atoms with Crippen molar-refractivity contribution in [2.75, 3.05) is 14.2 Å². The molecule has 112 valence electrons. The predicted molar refractivity (Wildman–Crippen MR) is 56.5 cm³/mol. The molecule has 20 heavy (non-hydrogen) atoms. The molecule has 0 atom stereocenters. The SMILES string of the molecule is COC(=O)Cc1c(C(F)F)cnc(C(F)(F)F)c1OC. The van der Waals surface area contributed by atoms with Crippen LogP contribution in [-0.4, -0.2) is 25.2 Å². The van der Waals surface area contributed by atoms with E-state index in [0.717, 1.165) is 14.2 Å². The van der Waals surface area contributed by atoms with Crippen LogP contribution in [0, 0.1) is 0 Å². The summed E-state index contributed by atoms with van der Waals surface area (Å²) in [5, 5.41) is 0. The maximum Gasteiger partial charge on any atom is 0.437 e. The number of nitrogens with zero attached hydrogens (tertiary/aromatic N) is 1. The van der Waals surface area contributed by atoms with Gasteiger partial charge in [-0.05, 0) is 0 Å². The molecule has 0 aliphatic carbocycles. The summed E-state index contributed by atoms with van der Waals surface area (Å²) >= 11 is 0. The van der Waals surface area contributed by atoms with E-state index < -0.39 is 47.6 Å². The van der Waals surface area contributed by atoms with E-state index in [-0.39, 0.29) is 0 Å². The summed E-state index contributed by atoms with van der Waals surface area (Å²) in [6.07, 6.45) is -8.38. The quantitative estimate of drug-likeness (QED) is 0.633. The summed E-state index contributed by atoms with van der Waals surface area (Å²) in [7, 11) is 1.87. The van der Waals surface area contributed by atoms with Crippen molar-refractivity contribution in [1.29, 1.82) is 0 Å². The second-order valence-corrected chi connectivity index (χ2v) is 3.63. The highest BCUT2D eigenvalue weighted by Gasteiger charge is 2.39. The first kappa shape index (κ1) is 16.1. The van der Waals surface area contributed by atoms with Crippen LogP contribution >= 0.6 is 0 Å². The molecule has 0 aromatic carbocycles. The van der Waals surface area contributed by atoms with Crippen molar-refractivity contribution in [2.24, 2.45) is 0 Å². The summed E-state index contributed by atoms with van der Waals surface area (Å²) in [6, 6.07) is 0. The standard InChI is InChI=1S/C11H10F5NO3/c1-19-7(18)3-5-6(10(12)13)4-17-9(8(5)20-2)11(14,15)16/h4,10H,3H2,1-2H3. The highest BCUT2D eigenvalue weighted by atomic mass is 19.4. The Morgan fingerprint density at radius 3 is 2.35 bits per heavy atom. The zero-order chi connectivity index (χ0) is 15.5. The molecule has 0 saturated heterocycles. The van der Waals surface area contributed by atoms with Gasteiger partial charge in [0.15, 0.2) is 11.4 Å². The van der Waals surface area contributed by atoms with Crippen molar-refractivity contribution in [3.8, 4) is 5.75 Å². The van der Waals surface area contributed by atoms with E-state index in [1.54, 1.807) is 0 Å². The Balaban J connectivity index is 3.50. The zero-order valence-electron chi connectivity index (χ0n) is 10.4. The summed E-state index contributed by atoms with van der Waals surface area (Å²) in [4.78, 5) is 14.1. The molecule has 0 aliphatic rings. The average Bonchev–Trinajstić information content (AvgIpc) is 2.36. The lowest BCUT2D eigenvalue weighted by atomic mass is 10.0. The molecular weight excluding hydrogens is 289 g/mol. The van der Waals surface area contributed by atoms with Crippen LogP contribution in [-0.2, 0) is 22.1 Å². The summed E-state index contributed by atoms with van der Waals surface area (Å²) in [6.45, 7) is 0. The maximum atomic E-state index is 12.8. The van der Waals surface area contributed by atoms with Crippen molar-refractivity contribution in [3.05, 3.63) is 23.0 Å². The van der Waals surface area contributed by atoms with Gasteiger partial charge in [-0.2, -0.15) is 13.2 Å². The number of hydrogen-bond donors (Lipinski definition) is 0. The number of rotatable bonds is 4. The number of alkyl halides is 5. The molecular formula is C11H10F5NO3. The Kier molecular flexibility index (Phi) is 4.85. The van der Waals surface area contributed by atoms with E-state index >= 15 is 0 Å². The Morgan fingerprint density at radius 2 is 1.95 bits per heavy atom. The van der Waals surface area contributed by atoms with Crippen LogP contribution in [0.3, 0.4) is 0 Å². The first-order valence-electron chi connectivity index (χ1n) is 5.20. The van der Waals surface area contributed by atoms with E-state index in [9.17, 15) is 26.7 Å². The van der Waals surface area contributed by atoms with Gasteiger partial charge in [0.25, 0.3) is 6.43 Å². The third-order valence-corrected chi connectivity index (χ3v) is 2.43. The number of carbonyl (C=O) groups is 1. The number of ether oxygens (including phenoxy) is 2. The lowest BCUT2D eigenvalue weighted by molar-refractivity contribution is -0.143. The van der Waals surface area contributed by atoms with E-state index in [1.165, 1.54) is 0 Å². The Bertz CT molecular complexity index is 502. The van der Waals surface area contributed by atoms with Gasteiger partial charge in [-0.3, -0.25) is 4.79 Å². The molecule has 0 bridgehead atoms. The maximum absolute atomic E-state index is 12.8. The molecule has 1 heterocycles. The van der Waals surface area contributed by atoms with Crippen LogP contribution in [0.4, 0.5) is 22.0 Å². The van der Waals surface area contributed by atoms with Gasteiger partial charge in [-0.1, -0.05) is 0 Å². The minimum absolute atomic E-state index is 0.383. The number of hydrogen-bond acceptors (Lipinski definition) is 4.